The topological polar surface area (TPSA) is 18.5 Å². The van der Waals surface area contributed by atoms with Crippen molar-refractivity contribution in [3.63, 3.8) is 0 Å². The minimum Gasteiger partial charge on any atom is -0.369 e. The van der Waals surface area contributed by atoms with Crippen LogP contribution in [0.25, 0.3) is 0 Å². The van der Waals surface area contributed by atoms with Crippen LogP contribution in [0.3, 0.4) is 0 Å². The predicted octanol–water partition coefficient (Wildman–Crippen LogP) is 1.82. The molecule has 1 fully saturated rings. The second kappa shape index (κ2) is 5.74. The molecule has 20 heavy (non-hydrogen) atoms. The Morgan fingerprint density at radius 3 is 2.55 bits per heavy atom. The number of fused-ring (bicyclic) bond motifs is 1. The number of likely N-dealkylation sites (N-methyl/N-ethyl adjacent to an activating group) is 2. The van der Waals surface area contributed by atoms with Gasteiger partial charge in [-0.3, -0.25) is 0 Å². The number of anilines is 1. The zero-order chi connectivity index (χ0) is 14.1. The van der Waals surface area contributed by atoms with Crippen LogP contribution in [0, 0.1) is 6.92 Å². The van der Waals surface area contributed by atoms with E-state index in [4.69, 9.17) is 0 Å². The first-order chi connectivity index (χ1) is 9.69. The molecule has 1 unspecified atom stereocenters. The highest BCUT2D eigenvalue weighted by Gasteiger charge is 2.24. The third-order valence-corrected chi connectivity index (χ3v) is 5.09. The SMILES string of the molecule is CNC1CCc2c(C)ccc(N3CCN(C)CC3)c2C1. The predicted molar refractivity (Wildman–Crippen MR) is 85.8 cm³/mol. The third kappa shape index (κ3) is 2.57. The van der Waals surface area contributed by atoms with Gasteiger partial charge in [-0.25, -0.2) is 0 Å². The maximum atomic E-state index is 3.47. The number of hydrogen-bond acceptors (Lipinski definition) is 3. The van der Waals surface area contributed by atoms with Crippen molar-refractivity contribution in [2.24, 2.45) is 0 Å². The van der Waals surface area contributed by atoms with E-state index in [1.54, 1.807) is 11.1 Å². The highest BCUT2D eigenvalue weighted by atomic mass is 15.2. The lowest BCUT2D eigenvalue weighted by molar-refractivity contribution is 0.312. The van der Waals surface area contributed by atoms with Crippen LogP contribution in [-0.4, -0.2) is 51.2 Å². The number of piperazine rings is 1. The fourth-order valence-electron chi connectivity index (χ4n) is 3.63. The van der Waals surface area contributed by atoms with Gasteiger partial charge in [0.15, 0.2) is 0 Å². The molecule has 0 amide bonds. The van der Waals surface area contributed by atoms with Crippen molar-refractivity contribution < 1.29 is 0 Å². The van der Waals surface area contributed by atoms with Crippen molar-refractivity contribution in [2.75, 3.05) is 45.2 Å². The van der Waals surface area contributed by atoms with Crippen LogP contribution < -0.4 is 10.2 Å². The second-order valence-electron chi connectivity index (χ2n) is 6.38. The molecule has 1 N–H and O–H groups in total. The summed E-state index contributed by atoms with van der Waals surface area (Å²) in [5, 5.41) is 3.47. The Bertz CT molecular complexity index is 475. The Kier molecular flexibility index (Phi) is 3.99. The molecule has 3 heteroatoms. The van der Waals surface area contributed by atoms with Crippen LogP contribution in [0.5, 0.6) is 0 Å². The minimum atomic E-state index is 0.649. The van der Waals surface area contributed by atoms with Gasteiger partial charge >= 0.3 is 0 Å². The van der Waals surface area contributed by atoms with Crippen molar-refractivity contribution in [2.45, 2.75) is 32.2 Å². The number of nitrogens with one attached hydrogen (secondary N) is 1. The molecular formula is C17H27N3. The largest absolute Gasteiger partial charge is 0.369 e. The van der Waals surface area contributed by atoms with Gasteiger partial charge < -0.3 is 15.1 Å². The summed E-state index contributed by atoms with van der Waals surface area (Å²) in [4.78, 5) is 5.02. The summed E-state index contributed by atoms with van der Waals surface area (Å²) < 4.78 is 0. The molecule has 1 aliphatic carbocycles. The molecule has 1 atom stereocenters. The zero-order valence-electron chi connectivity index (χ0n) is 13.1. The molecule has 0 saturated carbocycles. The normalized spacial score (nSPS) is 23.8. The quantitative estimate of drug-likeness (QED) is 0.887. The molecule has 0 bridgehead atoms. The van der Waals surface area contributed by atoms with E-state index in [9.17, 15) is 0 Å². The van der Waals surface area contributed by atoms with E-state index >= 15 is 0 Å². The summed E-state index contributed by atoms with van der Waals surface area (Å²) in [6.45, 7) is 6.95. The molecule has 0 spiro atoms. The van der Waals surface area contributed by atoms with E-state index in [1.165, 1.54) is 43.6 Å². The Hall–Kier alpha value is -1.06. The Labute approximate surface area is 123 Å². The summed E-state index contributed by atoms with van der Waals surface area (Å²) in [5.41, 5.74) is 6.21. The molecular weight excluding hydrogens is 246 g/mol. The zero-order valence-corrected chi connectivity index (χ0v) is 13.1. The average molecular weight is 273 g/mol. The summed E-state index contributed by atoms with van der Waals surface area (Å²) in [5.74, 6) is 0. The maximum absolute atomic E-state index is 3.47. The Morgan fingerprint density at radius 1 is 1.10 bits per heavy atom. The van der Waals surface area contributed by atoms with Crippen molar-refractivity contribution in [1.82, 2.24) is 10.2 Å². The highest BCUT2D eigenvalue weighted by Crippen LogP contribution is 2.33. The van der Waals surface area contributed by atoms with Gasteiger partial charge in [0, 0.05) is 37.9 Å². The van der Waals surface area contributed by atoms with Crippen LogP contribution in [0.2, 0.25) is 0 Å². The van der Waals surface area contributed by atoms with Crippen LogP contribution >= 0.6 is 0 Å². The van der Waals surface area contributed by atoms with Gasteiger partial charge in [-0.1, -0.05) is 6.07 Å². The lowest BCUT2D eigenvalue weighted by Gasteiger charge is -2.37. The van der Waals surface area contributed by atoms with Gasteiger partial charge in [-0.15, -0.1) is 0 Å². The first-order valence-electron chi connectivity index (χ1n) is 7.91. The molecule has 1 heterocycles. The van der Waals surface area contributed by atoms with Gasteiger partial charge in [0.25, 0.3) is 0 Å². The van der Waals surface area contributed by atoms with Crippen molar-refractivity contribution >= 4 is 5.69 Å². The monoisotopic (exact) mass is 273 g/mol. The highest BCUT2D eigenvalue weighted by molar-refractivity contribution is 5.60. The van der Waals surface area contributed by atoms with Crippen LogP contribution in [-0.2, 0) is 12.8 Å². The van der Waals surface area contributed by atoms with Crippen molar-refractivity contribution in [1.29, 1.82) is 0 Å². The molecule has 1 saturated heterocycles. The summed E-state index contributed by atoms with van der Waals surface area (Å²) in [6, 6.07) is 5.33. The lowest BCUT2D eigenvalue weighted by Crippen LogP contribution is -2.45. The van der Waals surface area contributed by atoms with Crippen molar-refractivity contribution in [3.05, 3.63) is 28.8 Å². The summed E-state index contributed by atoms with van der Waals surface area (Å²) in [6.07, 6.45) is 3.69. The minimum absolute atomic E-state index is 0.649. The number of aryl methyl sites for hydroxylation is 1. The van der Waals surface area contributed by atoms with E-state index in [1.807, 2.05) is 0 Å². The molecule has 1 aromatic rings. The summed E-state index contributed by atoms with van der Waals surface area (Å²) in [7, 11) is 4.32. The fraction of sp³-hybridized carbons (Fsp3) is 0.647. The molecule has 3 nitrogen and oxygen atoms in total. The molecule has 2 aliphatic rings. The van der Waals surface area contributed by atoms with Gasteiger partial charge in [-0.2, -0.15) is 0 Å². The van der Waals surface area contributed by atoms with Crippen LogP contribution in [0.1, 0.15) is 23.1 Å². The van der Waals surface area contributed by atoms with E-state index in [0.29, 0.717) is 6.04 Å². The molecule has 3 rings (SSSR count). The maximum Gasteiger partial charge on any atom is 0.0403 e. The standard InChI is InChI=1S/C17H27N3/c1-13-4-7-17(20-10-8-19(3)9-11-20)16-12-14(18-2)5-6-15(13)16/h4,7,14,18H,5-6,8-12H2,1-3H3. The average Bonchev–Trinajstić information content (AvgIpc) is 2.48. The van der Waals surface area contributed by atoms with Gasteiger partial charge in [-0.05, 0) is 63.0 Å². The van der Waals surface area contributed by atoms with Gasteiger partial charge in [0.2, 0.25) is 0 Å². The molecule has 1 aliphatic heterocycles. The van der Waals surface area contributed by atoms with Crippen LogP contribution in [0.4, 0.5) is 5.69 Å². The van der Waals surface area contributed by atoms with E-state index in [2.05, 4.69) is 48.3 Å². The first kappa shape index (κ1) is 13.9. The van der Waals surface area contributed by atoms with E-state index in [0.717, 1.165) is 13.1 Å². The molecule has 0 radical (unpaired) electrons. The smallest absolute Gasteiger partial charge is 0.0403 e. The number of rotatable bonds is 2. The van der Waals surface area contributed by atoms with Gasteiger partial charge in [0.1, 0.15) is 0 Å². The number of hydrogen-bond donors (Lipinski definition) is 1. The van der Waals surface area contributed by atoms with E-state index in [-0.39, 0.29) is 0 Å². The van der Waals surface area contributed by atoms with Crippen molar-refractivity contribution in [3.8, 4) is 0 Å². The van der Waals surface area contributed by atoms with E-state index < -0.39 is 0 Å². The Balaban J connectivity index is 1.91. The summed E-state index contributed by atoms with van der Waals surface area (Å²) >= 11 is 0. The molecule has 1 aromatic carbocycles. The Morgan fingerprint density at radius 2 is 1.85 bits per heavy atom. The second-order valence-corrected chi connectivity index (χ2v) is 6.38. The molecule has 0 aromatic heterocycles. The third-order valence-electron chi connectivity index (χ3n) is 5.09. The van der Waals surface area contributed by atoms with Crippen LogP contribution in [0.15, 0.2) is 12.1 Å². The lowest BCUT2D eigenvalue weighted by atomic mass is 9.84. The number of nitrogens with zero attached hydrogens (tertiary/aromatic N) is 2. The first-order valence-corrected chi connectivity index (χ1v) is 7.91. The number of benzene rings is 1. The molecule has 110 valence electrons. The fourth-order valence-corrected chi connectivity index (χ4v) is 3.63. The van der Waals surface area contributed by atoms with Gasteiger partial charge in [0.05, 0.1) is 0 Å².